The van der Waals surface area contributed by atoms with Crippen LogP contribution in [0.5, 0.6) is 0 Å². The summed E-state index contributed by atoms with van der Waals surface area (Å²) >= 11 is 0. The predicted octanol–water partition coefficient (Wildman–Crippen LogP) is -0.270. The molecule has 3 heterocycles. The number of nitrogens with two attached hydrogens (primary N) is 1. The van der Waals surface area contributed by atoms with Crippen LogP contribution in [-0.2, 0) is 14.8 Å². The first-order valence-corrected chi connectivity index (χ1v) is 10.9. The van der Waals surface area contributed by atoms with E-state index in [0.29, 0.717) is 25.0 Å². The fourth-order valence-corrected chi connectivity index (χ4v) is 5.73. The maximum atomic E-state index is 12.0. The SMILES string of the molecule is CS(=O)(=O)N1CCC(CNCCN2[C@@H]3CCC[C@]2(C(N)=O)CC3)C1. The molecule has 0 aromatic heterocycles. The summed E-state index contributed by atoms with van der Waals surface area (Å²) in [6.07, 6.45) is 7.33. The highest BCUT2D eigenvalue weighted by molar-refractivity contribution is 7.88. The van der Waals surface area contributed by atoms with Gasteiger partial charge in [-0.1, -0.05) is 0 Å². The number of amides is 1. The van der Waals surface area contributed by atoms with Crippen molar-refractivity contribution in [3.63, 3.8) is 0 Å². The number of rotatable bonds is 7. The smallest absolute Gasteiger partial charge is 0.237 e. The number of nitrogens with one attached hydrogen (secondary N) is 1. The van der Waals surface area contributed by atoms with Crippen LogP contribution < -0.4 is 11.1 Å². The third kappa shape index (κ3) is 3.47. The number of hydrogen-bond donors (Lipinski definition) is 2. The van der Waals surface area contributed by atoms with Gasteiger partial charge in [-0.05, 0) is 51.0 Å². The Bertz CT molecular complexity index is 578. The second-order valence-corrected chi connectivity index (χ2v) is 9.64. The lowest BCUT2D eigenvalue weighted by atomic mass is 9.87. The molecule has 3 fully saturated rings. The van der Waals surface area contributed by atoms with Crippen molar-refractivity contribution >= 4 is 15.9 Å². The van der Waals surface area contributed by atoms with E-state index >= 15 is 0 Å². The predicted molar refractivity (Wildman–Crippen MR) is 92.9 cm³/mol. The molecule has 3 N–H and O–H groups in total. The van der Waals surface area contributed by atoms with Crippen LogP contribution in [0.2, 0.25) is 0 Å². The molecule has 3 atom stereocenters. The summed E-state index contributed by atoms with van der Waals surface area (Å²) in [7, 11) is -3.06. The molecule has 3 aliphatic rings. The third-order valence-electron chi connectivity index (χ3n) is 6.15. The molecule has 1 unspecified atom stereocenters. The van der Waals surface area contributed by atoms with Crippen LogP contribution in [-0.4, -0.2) is 74.1 Å². The average Bonchev–Trinajstić information content (AvgIpc) is 3.05. The van der Waals surface area contributed by atoms with E-state index in [0.717, 1.165) is 51.7 Å². The largest absolute Gasteiger partial charge is 0.368 e. The maximum absolute atomic E-state index is 12.0. The molecule has 8 heteroatoms. The average molecular weight is 359 g/mol. The number of primary amides is 1. The zero-order valence-electron chi connectivity index (χ0n) is 14.5. The summed E-state index contributed by atoms with van der Waals surface area (Å²) < 4.78 is 24.7. The molecule has 0 aromatic carbocycles. The fourth-order valence-electron chi connectivity index (χ4n) is 4.81. The second-order valence-electron chi connectivity index (χ2n) is 7.65. The van der Waals surface area contributed by atoms with Crippen molar-refractivity contribution in [3.05, 3.63) is 0 Å². The molecule has 0 aliphatic carbocycles. The van der Waals surface area contributed by atoms with Crippen molar-refractivity contribution in [2.24, 2.45) is 11.7 Å². The van der Waals surface area contributed by atoms with Gasteiger partial charge in [-0.25, -0.2) is 12.7 Å². The lowest BCUT2D eigenvalue weighted by Gasteiger charge is -2.42. The monoisotopic (exact) mass is 358 g/mol. The van der Waals surface area contributed by atoms with Crippen molar-refractivity contribution in [2.45, 2.75) is 50.1 Å². The molecule has 138 valence electrons. The van der Waals surface area contributed by atoms with Gasteiger partial charge in [-0.15, -0.1) is 0 Å². The van der Waals surface area contributed by atoms with Gasteiger partial charge in [0.1, 0.15) is 5.54 Å². The Morgan fingerprint density at radius 1 is 1.29 bits per heavy atom. The topological polar surface area (TPSA) is 95.7 Å². The van der Waals surface area contributed by atoms with E-state index in [1.807, 2.05) is 0 Å². The standard InChI is InChI=1S/C16H30N4O3S/c1-24(22,23)19-9-5-13(12-19)11-18-8-10-20-14-3-2-6-16(20,7-4-14)15(17)21/h13-14,18H,2-12H2,1H3,(H2,17,21)/t13?,14-,16-/m1/s1. The first-order chi connectivity index (χ1) is 11.3. The minimum atomic E-state index is -3.06. The maximum Gasteiger partial charge on any atom is 0.237 e. The Labute approximate surface area is 145 Å². The van der Waals surface area contributed by atoms with Crippen molar-refractivity contribution in [2.75, 3.05) is 39.0 Å². The molecular formula is C16H30N4O3S. The van der Waals surface area contributed by atoms with Crippen LogP contribution in [0.1, 0.15) is 38.5 Å². The highest BCUT2D eigenvalue weighted by Crippen LogP contribution is 2.43. The first kappa shape index (κ1) is 18.1. The summed E-state index contributed by atoms with van der Waals surface area (Å²) in [5.74, 6) is 0.215. The van der Waals surface area contributed by atoms with E-state index in [4.69, 9.17) is 5.73 Å². The minimum absolute atomic E-state index is 0.163. The Kier molecular flexibility index (Phi) is 5.20. The highest BCUT2D eigenvalue weighted by atomic mass is 32.2. The van der Waals surface area contributed by atoms with Crippen molar-refractivity contribution in [1.29, 1.82) is 0 Å². The van der Waals surface area contributed by atoms with E-state index in [-0.39, 0.29) is 5.91 Å². The Morgan fingerprint density at radius 2 is 2.08 bits per heavy atom. The Morgan fingerprint density at radius 3 is 2.75 bits per heavy atom. The van der Waals surface area contributed by atoms with Crippen molar-refractivity contribution in [1.82, 2.24) is 14.5 Å². The van der Waals surface area contributed by atoms with Gasteiger partial charge in [0.2, 0.25) is 15.9 Å². The number of hydrogen-bond acceptors (Lipinski definition) is 5. The molecule has 7 nitrogen and oxygen atoms in total. The molecule has 1 amide bonds. The van der Waals surface area contributed by atoms with Crippen molar-refractivity contribution in [3.8, 4) is 0 Å². The van der Waals surface area contributed by atoms with E-state index in [1.54, 1.807) is 4.31 Å². The van der Waals surface area contributed by atoms with E-state index < -0.39 is 15.6 Å². The molecule has 2 bridgehead atoms. The third-order valence-corrected chi connectivity index (χ3v) is 7.42. The number of fused-ring (bicyclic) bond motifs is 2. The van der Waals surface area contributed by atoms with Gasteiger partial charge in [0, 0.05) is 32.2 Å². The molecule has 3 aliphatic heterocycles. The zero-order valence-corrected chi connectivity index (χ0v) is 15.4. The Balaban J connectivity index is 1.45. The summed E-state index contributed by atoms with van der Waals surface area (Å²) in [4.78, 5) is 14.4. The Hall–Kier alpha value is -0.700. The number of piperidine rings is 1. The number of carbonyl (C=O) groups is 1. The molecule has 0 spiro atoms. The van der Waals surface area contributed by atoms with Crippen molar-refractivity contribution < 1.29 is 13.2 Å². The van der Waals surface area contributed by atoms with Crippen LogP contribution in [0.3, 0.4) is 0 Å². The minimum Gasteiger partial charge on any atom is -0.368 e. The summed E-state index contributed by atoms with van der Waals surface area (Å²) in [5.41, 5.74) is 5.31. The van der Waals surface area contributed by atoms with Crippen LogP contribution in [0.4, 0.5) is 0 Å². The molecular weight excluding hydrogens is 328 g/mol. The molecule has 0 radical (unpaired) electrons. The quantitative estimate of drug-likeness (QED) is 0.611. The number of carbonyl (C=O) groups excluding carboxylic acids is 1. The molecule has 3 rings (SSSR count). The fraction of sp³-hybridized carbons (Fsp3) is 0.938. The van der Waals surface area contributed by atoms with Crippen LogP contribution in [0.15, 0.2) is 0 Å². The summed E-state index contributed by atoms with van der Waals surface area (Å²) in [5, 5.41) is 3.46. The van der Waals surface area contributed by atoms with Crippen LogP contribution in [0, 0.1) is 5.92 Å². The normalized spacial score (nSPS) is 34.7. The zero-order chi connectivity index (χ0) is 17.4. The summed E-state index contributed by atoms with van der Waals surface area (Å²) in [6.45, 7) is 3.73. The second kappa shape index (κ2) is 6.90. The van der Waals surface area contributed by atoms with Gasteiger partial charge < -0.3 is 11.1 Å². The van der Waals surface area contributed by atoms with E-state index in [1.165, 1.54) is 12.7 Å². The molecule has 3 saturated heterocycles. The van der Waals surface area contributed by atoms with Gasteiger partial charge in [0.05, 0.1) is 6.26 Å². The van der Waals surface area contributed by atoms with E-state index in [9.17, 15) is 13.2 Å². The van der Waals surface area contributed by atoms with E-state index in [2.05, 4.69) is 10.2 Å². The van der Waals surface area contributed by atoms with Gasteiger partial charge >= 0.3 is 0 Å². The lowest BCUT2D eigenvalue weighted by molar-refractivity contribution is -0.131. The van der Waals surface area contributed by atoms with Gasteiger partial charge in [0.25, 0.3) is 0 Å². The molecule has 24 heavy (non-hydrogen) atoms. The van der Waals surface area contributed by atoms with Gasteiger partial charge in [0.15, 0.2) is 0 Å². The first-order valence-electron chi connectivity index (χ1n) is 9.05. The molecule has 0 saturated carbocycles. The summed E-state index contributed by atoms with van der Waals surface area (Å²) in [6, 6.07) is 0.500. The van der Waals surface area contributed by atoms with Gasteiger partial charge in [-0.3, -0.25) is 9.69 Å². The van der Waals surface area contributed by atoms with Crippen LogP contribution in [0.25, 0.3) is 0 Å². The highest BCUT2D eigenvalue weighted by Gasteiger charge is 2.52. The van der Waals surface area contributed by atoms with Gasteiger partial charge in [-0.2, -0.15) is 0 Å². The number of sulfonamides is 1. The number of nitrogens with zero attached hydrogens (tertiary/aromatic N) is 2. The van der Waals surface area contributed by atoms with Crippen LogP contribution >= 0.6 is 0 Å². The lowest BCUT2D eigenvalue weighted by Crippen LogP contribution is -2.59. The molecule has 0 aromatic rings.